The SMILES string of the molecule is CC(=O)c1nn(CC(=O)N2C3C[C@@H]3C[C@H]2C(=O)NC2CC(c3ccccc3)C2)c2ncccc12. The number of benzene rings is 1. The highest BCUT2D eigenvalue weighted by molar-refractivity contribution is 6.04. The topological polar surface area (TPSA) is 97.2 Å². The molecule has 1 N–H and O–H groups in total. The molecule has 2 saturated carbocycles. The Morgan fingerprint density at radius 2 is 1.82 bits per heavy atom. The van der Waals surface area contributed by atoms with Gasteiger partial charge in [-0.3, -0.25) is 14.4 Å². The quantitative estimate of drug-likeness (QED) is 0.574. The van der Waals surface area contributed by atoms with Gasteiger partial charge in [0.2, 0.25) is 11.8 Å². The molecular weight excluding hydrogens is 430 g/mol. The fourth-order valence-electron chi connectivity index (χ4n) is 5.67. The van der Waals surface area contributed by atoms with Crippen molar-refractivity contribution in [1.82, 2.24) is 25.0 Å². The number of nitrogens with zero attached hydrogens (tertiary/aromatic N) is 4. The van der Waals surface area contributed by atoms with Crippen molar-refractivity contribution in [2.24, 2.45) is 5.92 Å². The molecule has 2 amide bonds. The average Bonchev–Trinajstić information content (AvgIpc) is 3.31. The molecule has 6 rings (SSSR count). The number of carbonyl (C=O) groups excluding carboxylic acids is 3. The number of carbonyl (C=O) groups is 3. The summed E-state index contributed by atoms with van der Waals surface area (Å²) in [6.45, 7) is 1.42. The predicted octanol–water partition coefficient (Wildman–Crippen LogP) is 2.69. The van der Waals surface area contributed by atoms with E-state index in [9.17, 15) is 14.4 Å². The first-order valence-corrected chi connectivity index (χ1v) is 12.0. The fourth-order valence-corrected chi connectivity index (χ4v) is 5.67. The standard InChI is InChI=1S/C26H27N5O3/c1-15(32)24-20-8-5-9-27-25(20)30(29-24)14-23(33)31-21-12-18(21)13-22(31)26(34)28-19-10-17(11-19)16-6-3-2-4-7-16/h2-9,17-19,21-22H,10-14H2,1H3,(H,28,34)/t17?,18-,19?,21?,22+/m1/s1. The van der Waals surface area contributed by atoms with Gasteiger partial charge in [0.1, 0.15) is 18.3 Å². The lowest BCUT2D eigenvalue weighted by Crippen LogP contribution is -2.53. The molecule has 2 aromatic heterocycles. The highest BCUT2D eigenvalue weighted by Gasteiger charge is 2.56. The van der Waals surface area contributed by atoms with Gasteiger partial charge in [-0.25, -0.2) is 9.67 Å². The van der Waals surface area contributed by atoms with E-state index in [4.69, 9.17) is 0 Å². The summed E-state index contributed by atoms with van der Waals surface area (Å²) in [6.07, 6.45) is 5.16. The minimum Gasteiger partial charge on any atom is -0.352 e. The Labute approximate surface area is 197 Å². The first kappa shape index (κ1) is 21.0. The number of likely N-dealkylation sites (tertiary alicyclic amines) is 1. The van der Waals surface area contributed by atoms with Gasteiger partial charge >= 0.3 is 0 Å². The summed E-state index contributed by atoms with van der Waals surface area (Å²) in [6, 6.07) is 13.8. The van der Waals surface area contributed by atoms with Crippen LogP contribution >= 0.6 is 0 Å². The number of piperidine rings is 1. The Hall–Kier alpha value is -3.55. The van der Waals surface area contributed by atoms with Gasteiger partial charge in [-0.05, 0) is 55.2 Å². The van der Waals surface area contributed by atoms with Crippen LogP contribution in [-0.2, 0) is 16.1 Å². The van der Waals surface area contributed by atoms with E-state index in [1.165, 1.54) is 17.2 Å². The van der Waals surface area contributed by atoms with Crippen molar-refractivity contribution in [1.29, 1.82) is 0 Å². The monoisotopic (exact) mass is 457 g/mol. The number of nitrogens with one attached hydrogen (secondary N) is 1. The highest BCUT2D eigenvalue weighted by Crippen LogP contribution is 2.48. The molecule has 0 bridgehead atoms. The predicted molar refractivity (Wildman–Crippen MR) is 125 cm³/mol. The van der Waals surface area contributed by atoms with Gasteiger partial charge in [0, 0.05) is 25.2 Å². The van der Waals surface area contributed by atoms with E-state index < -0.39 is 6.04 Å². The molecule has 1 unspecified atom stereocenters. The van der Waals surface area contributed by atoms with Gasteiger partial charge in [-0.2, -0.15) is 5.10 Å². The third-order valence-electron chi connectivity index (χ3n) is 7.58. The molecule has 174 valence electrons. The number of amides is 2. The van der Waals surface area contributed by atoms with E-state index in [2.05, 4.69) is 27.5 Å². The summed E-state index contributed by atoms with van der Waals surface area (Å²) >= 11 is 0. The number of pyridine rings is 1. The van der Waals surface area contributed by atoms with Crippen molar-refractivity contribution in [3.63, 3.8) is 0 Å². The Morgan fingerprint density at radius 3 is 2.59 bits per heavy atom. The van der Waals surface area contributed by atoms with Crippen molar-refractivity contribution >= 4 is 28.6 Å². The minimum absolute atomic E-state index is 0.0344. The van der Waals surface area contributed by atoms with Crippen LogP contribution in [0.15, 0.2) is 48.7 Å². The normalized spacial score (nSPS) is 27.2. The number of fused-ring (bicyclic) bond motifs is 2. The second-order valence-electron chi connectivity index (χ2n) is 9.84. The molecule has 8 heteroatoms. The molecule has 1 saturated heterocycles. The average molecular weight is 458 g/mol. The first-order chi connectivity index (χ1) is 16.5. The molecule has 3 aliphatic rings. The number of ketones is 1. The van der Waals surface area contributed by atoms with E-state index in [0.29, 0.717) is 35.0 Å². The van der Waals surface area contributed by atoms with Crippen LogP contribution in [-0.4, -0.2) is 55.4 Å². The summed E-state index contributed by atoms with van der Waals surface area (Å²) in [7, 11) is 0. The zero-order chi connectivity index (χ0) is 23.4. The Bertz CT molecular complexity index is 1280. The highest BCUT2D eigenvalue weighted by atomic mass is 16.2. The molecule has 1 aliphatic heterocycles. The Morgan fingerprint density at radius 1 is 1.03 bits per heavy atom. The molecule has 3 heterocycles. The van der Waals surface area contributed by atoms with Crippen molar-refractivity contribution in [2.45, 2.75) is 63.2 Å². The van der Waals surface area contributed by atoms with Crippen molar-refractivity contribution in [3.8, 4) is 0 Å². The van der Waals surface area contributed by atoms with E-state index in [0.717, 1.165) is 19.3 Å². The lowest BCUT2D eigenvalue weighted by atomic mass is 9.76. The minimum atomic E-state index is -0.436. The lowest BCUT2D eigenvalue weighted by molar-refractivity contribution is -0.140. The summed E-state index contributed by atoms with van der Waals surface area (Å²) in [5.41, 5.74) is 2.14. The van der Waals surface area contributed by atoms with Crippen LogP contribution in [0.2, 0.25) is 0 Å². The van der Waals surface area contributed by atoms with Crippen molar-refractivity contribution in [3.05, 3.63) is 59.9 Å². The largest absolute Gasteiger partial charge is 0.352 e. The first-order valence-electron chi connectivity index (χ1n) is 12.0. The van der Waals surface area contributed by atoms with E-state index in [-0.39, 0.29) is 36.2 Å². The number of rotatable bonds is 6. The number of hydrogen-bond donors (Lipinski definition) is 1. The molecular formula is C26H27N5O3. The van der Waals surface area contributed by atoms with Crippen LogP contribution in [0.5, 0.6) is 0 Å². The second-order valence-corrected chi connectivity index (χ2v) is 9.84. The zero-order valence-corrected chi connectivity index (χ0v) is 19.1. The van der Waals surface area contributed by atoms with Gasteiger partial charge < -0.3 is 10.2 Å². The Balaban J connectivity index is 1.14. The van der Waals surface area contributed by atoms with Crippen LogP contribution in [0.3, 0.4) is 0 Å². The summed E-state index contributed by atoms with van der Waals surface area (Å²) in [5, 5.41) is 8.20. The molecule has 8 nitrogen and oxygen atoms in total. The van der Waals surface area contributed by atoms with Gasteiger partial charge in [-0.1, -0.05) is 30.3 Å². The van der Waals surface area contributed by atoms with E-state index >= 15 is 0 Å². The molecule has 34 heavy (non-hydrogen) atoms. The van der Waals surface area contributed by atoms with Crippen molar-refractivity contribution < 1.29 is 14.4 Å². The fraction of sp³-hybridized carbons (Fsp3) is 0.423. The molecule has 2 aliphatic carbocycles. The summed E-state index contributed by atoms with van der Waals surface area (Å²) in [5.74, 6) is 0.519. The van der Waals surface area contributed by atoms with Crippen LogP contribution in [0.1, 0.15) is 54.6 Å². The van der Waals surface area contributed by atoms with E-state index in [1.807, 2.05) is 18.2 Å². The maximum absolute atomic E-state index is 13.4. The lowest BCUT2D eigenvalue weighted by Gasteiger charge is -2.37. The van der Waals surface area contributed by atoms with Gasteiger partial charge in [0.15, 0.2) is 11.4 Å². The molecule has 0 spiro atoms. The number of aromatic nitrogens is 3. The summed E-state index contributed by atoms with van der Waals surface area (Å²) < 4.78 is 1.50. The van der Waals surface area contributed by atoms with Crippen LogP contribution < -0.4 is 5.32 Å². The van der Waals surface area contributed by atoms with Crippen LogP contribution in [0.4, 0.5) is 0 Å². The number of hydrogen-bond acceptors (Lipinski definition) is 5. The molecule has 3 atom stereocenters. The van der Waals surface area contributed by atoms with E-state index in [1.54, 1.807) is 23.2 Å². The molecule has 3 aromatic rings. The maximum atomic E-state index is 13.4. The van der Waals surface area contributed by atoms with Crippen molar-refractivity contribution in [2.75, 3.05) is 0 Å². The van der Waals surface area contributed by atoms with Crippen LogP contribution in [0.25, 0.3) is 11.0 Å². The van der Waals surface area contributed by atoms with Gasteiger partial charge in [0.25, 0.3) is 0 Å². The van der Waals surface area contributed by atoms with Gasteiger partial charge in [0.05, 0.1) is 5.39 Å². The zero-order valence-electron chi connectivity index (χ0n) is 19.1. The molecule has 0 radical (unpaired) electrons. The Kier molecular flexibility index (Phi) is 4.97. The molecule has 3 fully saturated rings. The number of Topliss-reactive ketones (excluding diaryl/α,β-unsaturated/α-hetero) is 1. The second kappa shape index (κ2) is 8.04. The van der Waals surface area contributed by atoms with Gasteiger partial charge in [-0.15, -0.1) is 0 Å². The van der Waals surface area contributed by atoms with Crippen LogP contribution in [0, 0.1) is 5.92 Å². The smallest absolute Gasteiger partial charge is 0.245 e. The third-order valence-corrected chi connectivity index (χ3v) is 7.58. The summed E-state index contributed by atoms with van der Waals surface area (Å²) in [4.78, 5) is 44.6. The maximum Gasteiger partial charge on any atom is 0.245 e. The molecule has 1 aromatic carbocycles. The third kappa shape index (κ3) is 3.57.